The second kappa shape index (κ2) is 4.62. The van der Waals surface area contributed by atoms with Crippen LogP contribution in [0.5, 0.6) is 5.88 Å². The molecule has 1 unspecified atom stereocenters. The molecule has 0 aliphatic carbocycles. The summed E-state index contributed by atoms with van der Waals surface area (Å²) >= 11 is 1.41. The average Bonchev–Trinajstić information content (AvgIpc) is 3.00. The monoisotopic (exact) mass is 275 g/mol. The lowest BCUT2D eigenvalue weighted by Gasteiger charge is -2.10. The highest BCUT2D eigenvalue weighted by Gasteiger charge is 2.30. The van der Waals surface area contributed by atoms with Crippen molar-refractivity contribution >= 4 is 32.7 Å². The number of aromatic nitrogens is 2. The van der Waals surface area contributed by atoms with Crippen LogP contribution in [0.2, 0.25) is 0 Å². The van der Waals surface area contributed by atoms with Gasteiger partial charge >= 0.3 is 0 Å². The maximum absolute atomic E-state index is 11.9. The van der Waals surface area contributed by atoms with Crippen molar-refractivity contribution in [2.75, 3.05) is 18.6 Å². The maximum Gasteiger partial charge on any atom is 0.229 e. The molecule has 3 rings (SSSR count). The Kier molecular flexibility index (Phi) is 2.94. The summed E-state index contributed by atoms with van der Waals surface area (Å²) in [5.41, 5.74) is 0.788. The summed E-state index contributed by atoms with van der Waals surface area (Å²) in [6.07, 6.45) is 2.34. The first-order valence-electron chi connectivity index (χ1n) is 5.95. The molecule has 0 radical (unpaired) electrons. The van der Waals surface area contributed by atoms with E-state index in [2.05, 4.69) is 16.5 Å². The van der Waals surface area contributed by atoms with Gasteiger partial charge in [-0.05, 0) is 6.07 Å². The summed E-state index contributed by atoms with van der Waals surface area (Å²) in [7, 11) is 1.58. The third-order valence-corrected chi connectivity index (χ3v) is 4.14. The van der Waals surface area contributed by atoms with Crippen LogP contribution in [0.25, 0.3) is 10.3 Å². The Morgan fingerprint density at radius 3 is 3.05 bits per heavy atom. The third-order valence-electron chi connectivity index (χ3n) is 3.15. The molecule has 6 heteroatoms. The molecule has 0 saturated carbocycles. The van der Waals surface area contributed by atoms with Crippen LogP contribution >= 0.6 is 11.3 Å². The first-order chi connectivity index (χ1) is 9.21. The van der Waals surface area contributed by atoms with Gasteiger partial charge in [0, 0.05) is 24.9 Å². The highest BCUT2D eigenvalue weighted by molar-refractivity contribution is 7.22. The summed E-state index contributed by atoms with van der Waals surface area (Å²) in [4.78, 5) is 23.2. The second-order valence-corrected chi connectivity index (χ2v) is 5.33. The van der Waals surface area contributed by atoms with E-state index in [9.17, 15) is 4.79 Å². The van der Waals surface area contributed by atoms with Gasteiger partial charge in [-0.3, -0.25) is 9.69 Å². The smallest absolute Gasteiger partial charge is 0.229 e. The van der Waals surface area contributed by atoms with E-state index in [1.54, 1.807) is 18.1 Å². The molecule has 1 aliphatic heterocycles. The van der Waals surface area contributed by atoms with E-state index in [1.165, 1.54) is 11.3 Å². The number of anilines is 1. The Morgan fingerprint density at radius 1 is 1.53 bits per heavy atom. The number of rotatable bonds is 3. The van der Waals surface area contributed by atoms with E-state index in [4.69, 9.17) is 4.74 Å². The summed E-state index contributed by atoms with van der Waals surface area (Å²) in [6.45, 7) is 4.40. The molecule has 5 nitrogen and oxygen atoms in total. The van der Waals surface area contributed by atoms with E-state index >= 15 is 0 Å². The molecule has 1 saturated heterocycles. The maximum atomic E-state index is 11.9. The van der Waals surface area contributed by atoms with Gasteiger partial charge in [0.25, 0.3) is 0 Å². The minimum absolute atomic E-state index is 0.0934. The number of thiazole rings is 1. The van der Waals surface area contributed by atoms with E-state index in [0.29, 0.717) is 24.0 Å². The van der Waals surface area contributed by atoms with Gasteiger partial charge in [0.1, 0.15) is 10.3 Å². The van der Waals surface area contributed by atoms with Gasteiger partial charge in [0.05, 0.1) is 7.11 Å². The van der Waals surface area contributed by atoms with Crippen LogP contribution in [-0.2, 0) is 4.79 Å². The van der Waals surface area contributed by atoms with Crippen molar-refractivity contribution < 1.29 is 9.53 Å². The fourth-order valence-electron chi connectivity index (χ4n) is 2.10. The minimum atomic E-state index is 0.0934. The summed E-state index contributed by atoms with van der Waals surface area (Å²) in [6, 6.07) is 3.62. The SMILES string of the molecule is C=CC1CC(=O)N(c2nc3ccc(OC)nc3s2)C1. The van der Waals surface area contributed by atoms with Gasteiger partial charge in [-0.1, -0.05) is 17.4 Å². The Labute approximate surface area is 114 Å². The quantitative estimate of drug-likeness (QED) is 0.806. The van der Waals surface area contributed by atoms with Crippen LogP contribution in [0.15, 0.2) is 24.8 Å². The molecule has 0 aromatic carbocycles. The lowest BCUT2D eigenvalue weighted by molar-refractivity contribution is -0.117. The predicted octanol–water partition coefficient (Wildman–Crippen LogP) is 2.24. The van der Waals surface area contributed by atoms with Crippen LogP contribution in [0, 0.1) is 5.92 Å². The average molecular weight is 275 g/mol. The zero-order chi connectivity index (χ0) is 13.4. The Morgan fingerprint density at radius 2 is 2.37 bits per heavy atom. The molecule has 0 N–H and O–H groups in total. The Bertz CT molecular complexity index is 652. The molecule has 98 valence electrons. The zero-order valence-corrected chi connectivity index (χ0v) is 11.3. The number of ether oxygens (including phenoxy) is 1. The minimum Gasteiger partial charge on any atom is -0.481 e. The predicted molar refractivity (Wildman–Crippen MR) is 74.6 cm³/mol. The van der Waals surface area contributed by atoms with Gasteiger partial charge < -0.3 is 4.74 Å². The molecule has 1 amide bonds. The van der Waals surface area contributed by atoms with Crippen LogP contribution in [0.4, 0.5) is 5.13 Å². The summed E-state index contributed by atoms with van der Waals surface area (Å²) < 4.78 is 5.09. The molecule has 3 heterocycles. The van der Waals surface area contributed by atoms with Crippen molar-refractivity contribution in [2.24, 2.45) is 5.92 Å². The van der Waals surface area contributed by atoms with Crippen molar-refractivity contribution in [3.63, 3.8) is 0 Å². The Balaban J connectivity index is 1.97. The van der Waals surface area contributed by atoms with Crippen LogP contribution in [-0.4, -0.2) is 29.5 Å². The molecule has 2 aromatic heterocycles. The number of carbonyl (C=O) groups is 1. The lowest BCUT2D eigenvalue weighted by atomic mass is 10.1. The van der Waals surface area contributed by atoms with Crippen molar-refractivity contribution in [3.8, 4) is 5.88 Å². The third kappa shape index (κ3) is 2.08. The number of amides is 1. The number of methoxy groups -OCH3 is 1. The van der Waals surface area contributed by atoms with Gasteiger partial charge in [0.2, 0.25) is 11.8 Å². The molecule has 1 aliphatic rings. The van der Waals surface area contributed by atoms with Crippen molar-refractivity contribution in [1.29, 1.82) is 0 Å². The van der Waals surface area contributed by atoms with Gasteiger partial charge in [0.15, 0.2) is 5.13 Å². The topological polar surface area (TPSA) is 55.3 Å². The highest BCUT2D eigenvalue weighted by atomic mass is 32.1. The number of hydrogen-bond acceptors (Lipinski definition) is 5. The highest BCUT2D eigenvalue weighted by Crippen LogP contribution is 2.32. The normalized spacial score (nSPS) is 19.1. The first-order valence-corrected chi connectivity index (χ1v) is 6.77. The number of pyridine rings is 1. The molecule has 19 heavy (non-hydrogen) atoms. The van der Waals surface area contributed by atoms with Gasteiger partial charge in [-0.15, -0.1) is 6.58 Å². The number of carbonyl (C=O) groups excluding carboxylic acids is 1. The van der Waals surface area contributed by atoms with E-state index in [1.807, 2.05) is 12.1 Å². The van der Waals surface area contributed by atoms with Gasteiger partial charge in [-0.25, -0.2) is 9.97 Å². The largest absolute Gasteiger partial charge is 0.481 e. The fourth-order valence-corrected chi connectivity index (χ4v) is 3.05. The van der Waals surface area contributed by atoms with Crippen molar-refractivity contribution in [3.05, 3.63) is 24.8 Å². The molecular formula is C13H13N3O2S. The van der Waals surface area contributed by atoms with E-state index in [-0.39, 0.29) is 11.8 Å². The zero-order valence-electron chi connectivity index (χ0n) is 10.5. The number of hydrogen-bond donors (Lipinski definition) is 0. The first kappa shape index (κ1) is 12.1. The van der Waals surface area contributed by atoms with Crippen LogP contribution in [0.1, 0.15) is 6.42 Å². The summed E-state index contributed by atoms with van der Waals surface area (Å²) in [5.74, 6) is 0.859. The van der Waals surface area contributed by atoms with E-state index < -0.39 is 0 Å². The van der Waals surface area contributed by atoms with Crippen LogP contribution < -0.4 is 9.64 Å². The second-order valence-electron chi connectivity index (χ2n) is 4.38. The summed E-state index contributed by atoms with van der Waals surface area (Å²) in [5, 5.41) is 0.699. The fraction of sp³-hybridized carbons (Fsp3) is 0.308. The molecule has 1 fully saturated rings. The van der Waals surface area contributed by atoms with Gasteiger partial charge in [-0.2, -0.15) is 0 Å². The molecular weight excluding hydrogens is 262 g/mol. The van der Waals surface area contributed by atoms with Crippen LogP contribution in [0.3, 0.4) is 0 Å². The van der Waals surface area contributed by atoms with Crippen molar-refractivity contribution in [2.45, 2.75) is 6.42 Å². The lowest BCUT2D eigenvalue weighted by Crippen LogP contribution is -2.23. The Hall–Kier alpha value is -1.95. The van der Waals surface area contributed by atoms with Crippen molar-refractivity contribution in [1.82, 2.24) is 9.97 Å². The molecule has 1 atom stereocenters. The van der Waals surface area contributed by atoms with E-state index in [0.717, 1.165) is 10.3 Å². The molecule has 0 spiro atoms. The number of nitrogens with zero attached hydrogens (tertiary/aromatic N) is 3. The standard InChI is InChI=1S/C13H13N3O2S/c1-3-8-6-11(17)16(7-8)13-14-9-4-5-10(18-2)15-12(9)19-13/h3-5,8H,1,6-7H2,2H3. The molecule has 0 bridgehead atoms. The molecule has 2 aromatic rings. The number of fused-ring (bicyclic) bond motifs is 1.